The zero-order valence-corrected chi connectivity index (χ0v) is 25.0. The predicted molar refractivity (Wildman–Crippen MR) is 192 cm³/mol. The molecule has 0 bridgehead atoms. The van der Waals surface area contributed by atoms with Gasteiger partial charge in [0.15, 0.2) is 0 Å². The fourth-order valence-electron chi connectivity index (χ4n) is 7.77. The van der Waals surface area contributed by atoms with Crippen LogP contribution < -0.4 is 20.7 Å². The predicted octanol–water partition coefficient (Wildman–Crippen LogP) is 9.08. The van der Waals surface area contributed by atoms with Gasteiger partial charge in [-0.1, -0.05) is 91.0 Å². The van der Waals surface area contributed by atoms with Crippen LogP contribution in [0.25, 0.3) is 33.1 Å². The first-order valence-electron chi connectivity index (χ1n) is 15.8. The Morgan fingerprint density at radius 2 is 1.20 bits per heavy atom. The van der Waals surface area contributed by atoms with Crippen LogP contribution in [-0.4, -0.2) is 16.3 Å². The molecular weight excluding hydrogens is 559 g/mol. The molecule has 0 radical (unpaired) electrons. The molecule has 214 valence electrons. The SMILES string of the molecule is c1ccc(N(c2ccccc2)c2cc3c4c(c2)N(c2ccccc2)c2ccccc2B4n2c4ccccc4c4ccnc-3c42)cc1. The van der Waals surface area contributed by atoms with Crippen LogP contribution in [0.1, 0.15) is 0 Å². The molecule has 2 aliphatic heterocycles. The van der Waals surface area contributed by atoms with Crippen molar-refractivity contribution in [3.8, 4) is 11.3 Å². The van der Waals surface area contributed by atoms with Crippen LogP contribution in [0.3, 0.4) is 0 Å². The number of fused-ring (bicyclic) bond motifs is 7. The Labute approximate surface area is 267 Å². The Hall–Kier alpha value is -6.07. The maximum absolute atomic E-state index is 5.15. The molecule has 4 nitrogen and oxygen atoms in total. The van der Waals surface area contributed by atoms with Gasteiger partial charge in [0.05, 0.1) is 11.2 Å². The molecule has 0 saturated carbocycles. The summed E-state index contributed by atoms with van der Waals surface area (Å²) in [4.78, 5) is 9.95. The van der Waals surface area contributed by atoms with Crippen LogP contribution in [0, 0.1) is 0 Å². The summed E-state index contributed by atoms with van der Waals surface area (Å²) in [5, 5.41) is 2.50. The summed E-state index contributed by atoms with van der Waals surface area (Å²) < 4.78 is 2.55. The van der Waals surface area contributed by atoms with Crippen molar-refractivity contribution < 1.29 is 0 Å². The molecule has 8 aromatic rings. The smallest absolute Gasteiger partial charge is 0.333 e. The van der Waals surface area contributed by atoms with Gasteiger partial charge < -0.3 is 14.3 Å². The summed E-state index contributed by atoms with van der Waals surface area (Å²) in [5.41, 5.74) is 14.0. The largest absolute Gasteiger partial charge is 0.374 e. The molecule has 0 fully saturated rings. The third-order valence-corrected chi connectivity index (χ3v) is 9.56. The molecule has 0 amide bonds. The van der Waals surface area contributed by atoms with E-state index < -0.39 is 0 Å². The minimum Gasteiger partial charge on any atom is -0.374 e. The van der Waals surface area contributed by atoms with E-state index in [9.17, 15) is 0 Å². The average Bonchev–Trinajstić information content (AvgIpc) is 3.46. The molecule has 2 aromatic heterocycles. The van der Waals surface area contributed by atoms with Gasteiger partial charge >= 0.3 is 6.85 Å². The molecule has 10 rings (SSSR count). The highest BCUT2D eigenvalue weighted by atomic mass is 15.2. The fourth-order valence-corrected chi connectivity index (χ4v) is 7.77. The van der Waals surface area contributed by atoms with E-state index in [1.807, 2.05) is 6.20 Å². The van der Waals surface area contributed by atoms with Gasteiger partial charge in [0.25, 0.3) is 0 Å². The minimum atomic E-state index is -0.00351. The molecule has 46 heavy (non-hydrogen) atoms. The maximum atomic E-state index is 5.15. The van der Waals surface area contributed by atoms with E-state index >= 15 is 0 Å². The van der Waals surface area contributed by atoms with Gasteiger partial charge in [-0.05, 0) is 77.7 Å². The number of para-hydroxylation sites is 5. The number of anilines is 6. The van der Waals surface area contributed by atoms with Crippen LogP contribution in [0.2, 0.25) is 0 Å². The lowest BCUT2D eigenvalue weighted by Gasteiger charge is -2.41. The quantitative estimate of drug-likeness (QED) is 0.192. The third-order valence-electron chi connectivity index (χ3n) is 9.56. The van der Waals surface area contributed by atoms with Crippen molar-refractivity contribution in [1.82, 2.24) is 9.46 Å². The van der Waals surface area contributed by atoms with E-state index in [1.54, 1.807) is 0 Å². The second-order valence-corrected chi connectivity index (χ2v) is 12.0. The van der Waals surface area contributed by atoms with Gasteiger partial charge in [0, 0.05) is 62.2 Å². The lowest BCUT2D eigenvalue weighted by atomic mass is 9.45. The van der Waals surface area contributed by atoms with Crippen LogP contribution in [0.15, 0.2) is 164 Å². The van der Waals surface area contributed by atoms with Gasteiger partial charge in [-0.15, -0.1) is 0 Å². The van der Waals surface area contributed by atoms with Crippen LogP contribution in [0.5, 0.6) is 0 Å². The zero-order chi connectivity index (χ0) is 30.2. The maximum Gasteiger partial charge on any atom is 0.333 e. The molecule has 6 aromatic carbocycles. The standard InChI is InChI=1S/C41H27BN4/c1-4-14-28(15-5-1)44(29-16-6-2-7-17-29)31-26-34-39-38(27-31)45(30-18-8-3-9-19-30)37-23-13-11-21-35(37)42(39)46-36-22-12-10-20-32(36)33-24-25-43-40(34)41(33)46/h1-27H. The summed E-state index contributed by atoms with van der Waals surface area (Å²) >= 11 is 0. The highest BCUT2D eigenvalue weighted by molar-refractivity contribution is 6.90. The lowest BCUT2D eigenvalue weighted by molar-refractivity contribution is 1.22. The minimum absolute atomic E-state index is 0.00351. The molecule has 2 aliphatic rings. The molecule has 0 atom stereocenters. The fraction of sp³-hybridized carbons (Fsp3) is 0. The first-order chi connectivity index (χ1) is 22.9. The number of hydrogen-bond donors (Lipinski definition) is 0. The first kappa shape index (κ1) is 25.3. The highest BCUT2D eigenvalue weighted by Gasteiger charge is 2.43. The van der Waals surface area contributed by atoms with E-state index in [4.69, 9.17) is 4.98 Å². The van der Waals surface area contributed by atoms with Crippen molar-refractivity contribution in [2.45, 2.75) is 0 Å². The Balaban J connectivity index is 1.37. The Bertz CT molecular complexity index is 2400. The normalized spacial score (nSPS) is 12.7. The van der Waals surface area contributed by atoms with Crippen molar-refractivity contribution in [3.63, 3.8) is 0 Å². The summed E-state index contributed by atoms with van der Waals surface area (Å²) in [6, 6.07) is 56.7. The molecule has 5 heteroatoms. The Morgan fingerprint density at radius 1 is 0.543 bits per heavy atom. The van der Waals surface area contributed by atoms with Gasteiger partial charge in [-0.3, -0.25) is 4.98 Å². The number of hydrogen-bond acceptors (Lipinski definition) is 3. The van der Waals surface area contributed by atoms with Gasteiger partial charge in [-0.25, -0.2) is 0 Å². The Kier molecular flexibility index (Phi) is 5.34. The van der Waals surface area contributed by atoms with Crippen molar-refractivity contribution in [2.24, 2.45) is 0 Å². The highest BCUT2D eigenvalue weighted by Crippen LogP contribution is 2.47. The van der Waals surface area contributed by atoms with Crippen LogP contribution in [-0.2, 0) is 0 Å². The van der Waals surface area contributed by atoms with E-state index in [2.05, 4.69) is 172 Å². The molecule has 0 unspecified atom stereocenters. The number of pyridine rings is 1. The number of benzene rings is 6. The average molecular weight is 587 g/mol. The molecule has 4 heterocycles. The van der Waals surface area contributed by atoms with Crippen molar-refractivity contribution in [3.05, 3.63) is 164 Å². The monoisotopic (exact) mass is 586 g/mol. The molecule has 0 N–H and O–H groups in total. The lowest BCUT2D eigenvalue weighted by Crippen LogP contribution is -2.56. The first-order valence-corrected chi connectivity index (χ1v) is 15.8. The van der Waals surface area contributed by atoms with Gasteiger partial charge in [-0.2, -0.15) is 0 Å². The number of rotatable bonds is 4. The van der Waals surface area contributed by atoms with Crippen molar-refractivity contribution >= 4 is 73.7 Å². The second-order valence-electron chi connectivity index (χ2n) is 12.0. The van der Waals surface area contributed by atoms with E-state index in [0.717, 1.165) is 28.4 Å². The zero-order valence-electron chi connectivity index (χ0n) is 25.0. The van der Waals surface area contributed by atoms with Gasteiger partial charge in [0.2, 0.25) is 0 Å². The Morgan fingerprint density at radius 3 is 1.96 bits per heavy atom. The van der Waals surface area contributed by atoms with E-state index in [0.29, 0.717) is 0 Å². The third kappa shape index (κ3) is 3.48. The van der Waals surface area contributed by atoms with Crippen molar-refractivity contribution in [1.29, 1.82) is 0 Å². The van der Waals surface area contributed by atoms with E-state index in [-0.39, 0.29) is 6.85 Å². The molecular formula is C41H27BN4. The number of aromatic nitrogens is 2. The summed E-state index contributed by atoms with van der Waals surface area (Å²) in [6.07, 6.45) is 1.98. The summed E-state index contributed by atoms with van der Waals surface area (Å²) in [6.45, 7) is -0.00351. The number of nitrogens with zero attached hydrogens (tertiary/aromatic N) is 4. The molecule has 0 saturated heterocycles. The molecule has 0 aliphatic carbocycles. The summed E-state index contributed by atoms with van der Waals surface area (Å²) in [7, 11) is 0. The summed E-state index contributed by atoms with van der Waals surface area (Å²) in [5.74, 6) is 0. The van der Waals surface area contributed by atoms with Crippen LogP contribution >= 0.6 is 0 Å². The van der Waals surface area contributed by atoms with Gasteiger partial charge in [0.1, 0.15) is 0 Å². The van der Waals surface area contributed by atoms with Crippen molar-refractivity contribution in [2.75, 3.05) is 9.80 Å². The second kappa shape index (κ2) is 9.72. The van der Waals surface area contributed by atoms with E-state index in [1.165, 1.54) is 49.7 Å². The molecule has 0 spiro atoms. The topological polar surface area (TPSA) is 24.3 Å². The van der Waals surface area contributed by atoms with Crippen LogP contribution in [0.4, 0.5) is 34.1 Å².